The van der Waals surface area contributed by atoms with Gasteiger partial charge in [0.05, 0.1) is 7.11 Å². The van der Waals surface area contributed by atoms with E-state index in [-0.39, 0.29) is 11.8 Å². The van der Waals surface area contributed by atoms with Crippen molar-refractivity contribution in [2.75, 3.05) is 20.2 Å². The first-order valence-corrected chi connectivity index (χ1v) is 6.75. The Morgan fingerprint density at radius 3 is 2.79 bits per heavy atom. The second kappa shape index (κ2) is 7.79. The molecule has 1 rings (SSSR count). The normalized spacial score (nSPS) is 12.0. The third-order valence-corrected chi connectivity index (χ3v) is 3.24. The molecule has 0 fully saturated rings. The highest BCUT2D eigenvalue weighted by Crippen LogP contribution is 2.20. The molecule has 1 aromatic carbocycles. The summed E-state index contributed by atoms with van der Waals surface area (Å²) < 4.78 is 5.30. The van der Waals surface area contributed by atoms with Gasteiger partial charge >= 0.3 is 0 Å². The molecule has 0 aromatic heterocycles. The minimum Gasteiger partial charge on any atom is -0.496 e. The highest BCUT2D eigenvalue weighted by atomic mass is 16.5. The molecule has 0 radical (unpaired) electrons. The molecule has 1 unspecified atom stereocenters. The lowest BCUT2D eigenvalue weighted by molar-refractivity contribution is -0.124. The van der Waals surface area contributed by atoms with Crippen molar-refractivity contribution in [1.29, 1.82) is 0 Å². The summed E-state index contributed by atoms with van der Waals surface area (Å²) in [7, 11) is 1.68. The summed E-state index contributed by atoms with van der Waals surface area (Å²) >= 11 is 0. The molecule has 0 aliphatic carbocycles. The number of nitrogens with one attached hydrogen (secondary N) is 1. The van der Waals surface area contributed by atoms with Gasteiger partial charge in [-0.15, -0.1) is 0 Å². The molecule has 3 N–H and O–H groups in total. The molecule has 0 spiro atoms. The van der Waals surface area contributed by atoms with E-state index in [0.29, 0.717) is 13.1 Å². The Bertz CT molecular complexity index is 419. The Kier molecular flexibility index (Phi) is 6.36. The number of benzene rings is 1. The average molecular weight is 264 g/mol. The van der Waals surface area contributed by atoms with E-state index in [1.807, 2.05) is 19.1 Å². The van der Waals surface area contributed by atoms with E-state index in [1.165, 1.54) is 11.1 Å². The Hall–Kier alpha value is -1.55. The number of aryl methyl sites for hydroxylation is 1. The molecule has 0 saturated heterocycles. The quantitative estimate of drug-likeness (QED) is 0.784. The molecule has 0 saturated carbocycles. The number of hydrogen-bond acceptors (Lipinski definition) is 3. The first kappa shape index (κ1) is 15.5. The summed E-state index contributed by atoms with van der Waals surface area (Å²) in [6, 6.07) is 6.16. The minimum atomic E-state index is -0.123. The molecule has 1 amide bonds. The molecule has 4 heteroatoms. The number of carbonyl (C=O) groups is 1. The minimum absolute atomic E-state index is 0.0201. The first-order chi connectivity index (χ1) is 9.12. The number of hydrogen-bond donors (Lipinski definition) is 2. The molecule has 4 nitrogen and oxygen atoms in total. The van der Waals surface area contributed by atoms with Gasteiger partial charge in [0.15, 0.2) is 0 Å². The van der Waals surface area contributed by atoms with Crippen LogP contribution in [0.5, 0.6) is 5.75 Å². The zero-order valence-corrected chi connectivity index (χ0v) is 12.0. The molecule has 1 atom stereocenters. The van der Waals surface area contributed by atoms with Crippen LogP contribution in [0, 0.1) is 5.92 Å². The van der Waals surface area contributed by atoms with Gasteiger partial charge in [-0.2, -0.15) is 0 Å². The zero-order chi connectivity index (χ0) is 14.3. The van der Waals surface area contributed by atoms with E-state index in [9.17, 15) is 4.79 Å². The molecule has 0 aliphatic rings. The summed E-state index contributed by atoms with van der Waals surface area (Å²) in [5, 5.41) is 2.90. The van der Waals surface area contributed by atoms with Gasteiger partial charge in [0.2, 0.25) is 5.91 Å². The first-order valence-electron chi connectivity index (χ1n) is 6.75. The van der Waals surface area contributed by atoms with E-state index in [1.54, 1.807) is 7.11 Å². The van der Waals surface area contributed by atoms with Gasteiger partial charge in [-0.25, -0.2) is 0 Å². The van der Waals surface area contributed by atoms with Crippen molar-refractivity contribution in [3.63, 3.8) is 0 Å². The van der Waals surface area contributed by atoms with Crippen molar-refractivity contribution in [2.24, 2.45) is 11.7 Å². The number of ether oxygens (including phenoxy) is 1. The van der Waals surface area contributed by atoms with E-state index in [2.05, 4.69) is 18.3 Å². The fourth-order valence-corrected chi connectivity index (χ4v) is 1.88. The van der Waals surface area contributed by atoms with Gasteiger partial charge in [0, 0.05) is 19.0 Å². The predicted octanol–water partition coefficient (Wildman–Crippen LogP) is 1.51. The van der Waals surface area contributed by atoms with E-state index >= 15 is 0 Å². The molecule has 0 aliphatic heterocycles. The summed E-state index contributed by atoms with van der Waals surface area (Å²) in [6.45, 7) is 4.96. The maximum Gasteiger partial charge on any atom is 0.224 e. The summed E-state index contributed by atoms with van der Waals surface area (Å²) in [6.07, 6.45) is 1.76. The average Bonchev–Trinajstić information content (AvgIpc) is 2.45. The standard InChI is InChI=1S/C15H24N2O2/c1-4-13-9-12(5-6-14(13)19-3)7-8-17-15(18)11(2)10-16/h5-6,9,11H,4,7-8,10,16H2,1-3H3,(H,17,18). The van der Waals surface area contributed by atoms with Crippen LogP contribution in [0.25, 0.3) is 0 Å². The van der Waals surface area contributed by atoms with Crippen LogP contribution in [-0.2, 0) is 17.6 Å². The largest absolute Gasteiger partial charge is 0.496 e. The lowest BCUT2D eigenvalue weighted by Gasteiger charge is -2.11. The Labute approximate surface area is 115 Å². The molecule has 0 heterocycles. The maximum absolute atomic E-state index is 11.6. The highest BCUT2D eigenvalue weighted by molar-refractivity contribution is 5.78. The fraction of sp³-hybridized carbons (Fsp3) is 0.533. The number of nitrogens with two attached hydrogens (primary N) is 1. The van der Waals surface area contributed by atoms with Crippen LogP contribution < -0.4 is 15.8 Å². The monoisotopic (exact) mass is 264 g/mol. The molecular weight excluding hydrogens is 240 g/mol. The zero-order valence-electron chi connectivity index (χ0n) is 12.0. The van der Waals surface area contributed by atoms with Crippen LogP contribution in [0.4, 0.5) is 0 Å². The molecule has 19 heavy (non-hydrogen) atoms. The van der Waals surface area contributed by atoms with Crippen LogP contribution in [0.15, 0.2) is 18.2 Å². The summed E-state index contributed by atoms with van der Waals surface area (Å²) in [5.41, 5.74) is 7.85. The Morgan fingerprint density at radius 1 is 1.47 bits per heavy atom. The Morgan fingerprint density at radius 2 is 2.21 bits per heavy atom. The van der Waals surface area contributed by atoms with Crippen LogP contribution >= 0.6 is 0 Å². The van der Waals surface area contributed by atoms with Crippen LogP contribution in [0.2, 0.25) is 0 Å². The smallest absolute Gasteiger partial charge is 0.224 e. The van der Waals surface area contributed by atoms with Gasteiger partial charge < -0.3 is 15.8 Å². The van der Waals surface area contributed by atoms with Crippen molar-refractivity contribution < 1.29 is 9.53 Å². The molecular formula is C15H24N2O2. The van der Waals surface area contributed by atoms with Crippen molar-refractivity contribution >= 4 is 5.91 Å². The van der Waals surface area contributed by atoms with Gasteiger partial charge in [0.1, 0.15) is 5.75 Å². The number of methoxy groups -OCH3 is 1. The second-order valence-corrected chi connectivity index (χ2v) is 4.68. The van der Waals surface area contributed by atoms with Crippen molar-refractivity contribution in [1.82, 2.24) is 5.32 Å². The fourth-order valence-electron chi connectivity index (χ4n) is 1.88. The molecule has 1 aromatic rings. The predicted molar refractivity (Wildman–Crippen MR) is 77.3 cm³/mol. The SMILES string of the molecule is CCc1cc(CCNC(=O)C(C)CN)ccc1OC. The van der Waals surface area contributed by atoms with Crippen LogP contribution in [0.1, 0.15) is 25.0 Å². The third-order valence-electron chi connectivity index (χ3n) is 3.24. The summed E-state index contributed by atoms with van der Waals surface area (Å²) in [4.78, 5) is 11.6. The lowest BCUT2D eigenvalue weighted by Crippen LogP contribution is -2.34. The summed E-state index contributed by atoms with van der Waals surface area (Å²) in [5.74, 6) is 0.820. The number of amides is 1. The molecule has 0 bridgehead atoms. The lowest BCUT2D eigenvalue weighted by atomic mass is 10.0. The molecule has 106 valence electrons. The second-order valence-electron chi connectivity index (χ2n) is 4.68. The van der Waals surface area contributed by atoms with E-state index in [0.717, 1.165) is 18.6 Å². The van der Waals surface area contributed by atoms with Gasteiger partial charge in [-0.1, -0.05) is 26.0 Å². The van der Waals surface area contributed by atoms with Crippen molar-refractivity contribution in [3.05, 3.63) is 29.3 Å². The van der Waals surface area contributed by atoms with E-state index < -0.39 is 0 Å². The topological polar surface area (TPSA) is 64.4 Å². The number of carbonyl (C=O) groups excluding carboxylic acids is 1. The maximum atomic E-state index is 11.6. The van der Waals surface area contributed by atoms with Gasteiger partial charge in [-0.05, 0) is 30.0 Å². The van der Waals surface area contributed by atoms with Crippen molar-refractivity contribution in [2.45, 2.75) is 26.7 Å². The van der Waals surface area contributed by atoms with E-state index in [4.69, 9.17) is 10.5 Å². The Balaban J connectivity index is 2.52. The van der Waals surface area contributed by atoms with Crippen LogP contribution in [0.3, 0.4) is 0 Å². The van der Waals surface area contributed by atoms with Crippen LogP contribution in [-0.4, -0.2) is 26.1 Å². The third kappa shape index (κ3) is 4.56. The van der Waals surface area contributed by atoms with Crippen molar-refractivity contribution in [3.8, 4) is 5.75 Å². The van der Waals surface area contributed by atoms with Gasteiger partial charge in [0.25, 0.3) is 0 Å². The van der Waals surface area contributed by atoms with Gasteiger partial charge in [-0.3, -0.25) is 4.79 Å². The number of rotatable bonds is 7. The highest BCUT2D eigenvalue weighted by Gasteiger charge is 2.09.